The summed E-state index contributed by atoms with van der Waals surface area (Å²) in [6.07, 6.45) is 2.28. The molecule has 22 heavy (non-hydrogen) atoms. The molecule has 118 valence electrons. The first-order valence-electron chi connectivity index (χ1n) is 7.00. The number of nitrogens with zero attached hydrogens (tertiary/aromatic N) is 1. The fourth-order valence-electron chi connectivity index (χ4n) is 1.66. The van der Waals surface area contributed by atoms with E-state index in [2.05, 4.69) is 5.32 Å². The van der Waals surface area contributed by atoms with Crippen LogP contribution in [-0.4, -0.2) is 23.7 Å². The third-order valence-electron chi connectivity index (χ3n) is 3.02. The first kappa shape index (κ1) is 18.3. The molecule has 1 atom stereocenters. The zero-order valence-electron chi connectivity index (χ0n) is 12.8. The average Bonchev–Trinajstić information content (AvgIpc) is 2.49. The largest absolute Gasteiger partial charge is 0.504 e. The molecule has 0 aromatic heterocycles. The fourth-order valence-corrected chi connectivity index (χ4v) is 2.29. The van der Waals surface area contributed by atoms with E-state index < -0.39 is 5.91 Å². The van der Waals surface area contributed by atoms with Gasteiger partial charge in [0, 0.05) is 6.04 Å². The molecule has 0 aliphatic heterocycles. The number of rotatable bonds is 6. The van der Waals surface area contributed by atoms with Gasteiger partial charge in [0.25, 0.3) is 5.91 Å². The molecule has 0 fully saturated rings. The van der Waals surface area contributed by atoms with E-state index in [9.17, 15) is 15.2 Å². The summed E-state index contributed by atoms with van der Waals surface area (Å²) in [5.74, 6) is -0.0136. The molecule has 1 aromatic carbocycles. The van der Waals surface area contributed by atoms with Crippen molar-refractivity contribution in [2.45, 2.75) is 33.2 Å². The molecule has 1 rings (SSSR count). The topological polar surface area (TPSA) is 82.3 Å². The number of hydrogen-bond acceptors (Lipinski definition) is 4. The maximum atomic E-state index is 12.0. The van der Waals surface area contributed by atoms with Crippen LogP contribution in [0.15, 0.2) is 17.7 Å². The number of halogens is 1. The van der Waals surface area contributed by atoms with E-state index in [4.69, 9.17) is 4.74 Å². The van der Waals surface area contributed by atoms with E-state index in [1.807, 2.05) is 49.4 Å². The van der Waals surface area contributed by atoms with Crippen LogP contribution in [0.25, 0.3) is 6.08 Å². The highest BCUT2D eigenvalue weighted by molar-refractivity contribution is 14.1. The van der Waals surface area contributed by atoms with Crippen molar-refractivity contribution >= 4 is 34.6 Å². The summed E-state index contributed by atoms with van der Waals surface area (Å²) >= 11 is 1.97. The van der Waals surface area contributed by atoms with Crippen molar-refractivity contribution in [1.29, 1.82) is 5.26 Å². The van der Waals surface area contributed by atoms with Gasteiger partial charge in [0.15, 0.2) is 11.5 Å². The van der Waals surface area contributed by atoms with Gasteiger partial charge in [0.2, 0.25) is 0 Å². The SMILES string of the molecule is CCOc1cc(/C=C(\C#N)C(=O)N[C@@H](C)CC)cc(I)c1O. The van der Waals surface area contributed by atoms with Crippen LogP contribution >= 0.6 is 22.6 Å². The van der Waals surface area contributed by atoms with Crippen LogP contribution in [0.2, 0.25) is 0 Å². The maximum absolute atomic E-state index is 12.0. The van der Waals surface area contributed by atoms with E-state index in [-0.39, 0.29) is 17.4 Å². The first-order valence-corrected chi connectivity index (χ1v) is 8.08. The highest BCUT2D eigenvalue weighted by Gasteiger charge is 2.13. The third-order valence-corrected chi connectivity index (χ3v) is 3.84. The Bertz CT molecular complexity index is 621. The molecule has 2 N–H and O–H groups in total. The Hall–Kier alpha value is -1.75. The Morgan fingerprint density at radius 2 is 2.23 bits per heavy atom. The highest BCUT2D eigenvalue weighted by atomic mass is 127. The summed E-state index contributed by atoms with van der Waals surface area (Å²) in [5.41, 5.74) is 0.644. The third kappa shape index (κ3) is 4.91. The number of nitrogens with one attached hydrogen (secondary N) is 1. The molecular formula is C16H19IN2O3. The van der Waals surface area contributed by atoms with Gasteiger partial charge in [-0.3, -0.25) is 4.79 Å². The van der Waals surface area contributed by atoms with Gasteiger partial charge in [-0.25, -0.2) is 0 Å². The Morgan fingerprint density at radius 3 is 2.77 bits per heavy atom. The van der Waals surface area contributed by atoms with Crippen LogP contribution in [0, 0.1) is 14.9 Å². The monoisotopic (exact) mass is 414 g/mol. The predicted octanol–water partition coefficient (Wildman–Crippen LogP) is 3.22. The van der Waals surface area contributed by atoms with E-state index in [1.54, 1.807) is 12.1 Å². The summed E-state index contributed by atoms with van der Waals surface area (Å²) in [5, 5.41) is 21.8. The van der Waals surface area contributed by atoms with E-state index in [0.29, 0.717) is 21.5 Å². The van der Waals surface area contributed by atoms with Crippen molar-refractivity contribution in [1.82, 2.24) is 5.32 Å². The summed E-state index contributed by atoms with van der Waals surface area (Å²) in [6, 6.07) is 5.20. The van der Waals surface area contributed by atoms with Gasteiger partial charge in [-0.05, 0) is 66.6 Å². The van der Waals surface area contributed by atoms with Crippen molar-refractivity contribution in [2.75, 3.05) is 6.61 Å². The Balaban J connectivity index is 3.13. The second-order valence-electron chi connectivity index (χ2n) is 4.74. The lowest BCUT2D eigenvalue weighted by Crippen LogP contribution is -2.32. The van der Waals surface area contributed by atoms with Crippen LogP contribution < -0.4 is 10.1 Å². The molecule has 0 unspecified atom stereocenters. The van der Waals surface area contributed by atoms with Crippen molar-refractivity contribution < 1.29 is 14.6 Å². The minimum absolute atomic E-state index is 0.00295. The number of amides is 1. The quantitative estimate of drug-likeness (QED) is 0.426. The number of carbonyl (C=O) groups excluding carboxylic acids is 1. The van der Waals surface area contributed by atoms with Crippen molar-refractivity contribution in [3.05, 3.63) is 26.8 Å². The molecule has 0 aliphatic carbocycles. The zero-order valence-corrected chi connectivity index (χ0v) is 15.0. The van der Waals surface area contributed by atoms with Gasteiger partial charge in [-0.15, -0.1) is 0 Å². The van der Waals surface area contributed by atoms with Crippen molar-refractivity contribution in [3.8, 4) is 17.6 Å². The predicted molar refractivity (Wildman–Crippen MR) is 93.5 cm³/mol. The summed E-state index contributed by atoms with van der Waals surface area (Å²) in [4.78, 5) is 12.0. The molecule has 0 saturated heterocycles. The van der Waals surface area contributed by atoms with Gasteiger partial charge < -0.3 is 15.2 Å². The lowest BCUT2D eigenvalue weighted by Gasteiger charge is -2.11. The van der Waals surface area contributed by atoms with Gasteiger partial charge >= 0.3 is 0 Å². The number of phenolic OH excluding ortho intramolecular Hbond substituents is 1. The van der Waals surface area contributed by atoms with Crippen LogP contribution in [-0.2, 0) is 4.79 Å². The van der Waals surface area contributed by atoms with Crippen LogP contribution in [0.3, 0.4) is 0 Å². The molecule has 1 amide bonds. The Kier molecular flexibility index (Phi) is 7.18. The number of ether oxygens (including phenoxy) is 1. The van der Waals surface area contributed by atoms with Gasteiger partial charge in [-0.1, -0.05) is 6.92 Å². The normalized spacial score (nSPS) is 12.4. The van der Waals surface area contributed by atoms with E-state index >= 15 is 0 Å². The Labute approximate surface area is 144 Å². The van der Waals surface area contributed by atoms with Crippen molar-refractivity contribution in [2.24, 2.45) is 0 Å². The molecular weight excluding hydrogens is 395 g/mol. The number of aromatic hydroxyl groups is 1. The second-order valence-corrected chi connectivity index (χ2v) is 5.90. The summed E-state index contributed by atoms with van der Waals surface area (Å²) in [7, 11) is 0. The van der Waals surface area contributed by atoms with Crippen LogP contribution in [0.5, 0.6) is 11.5 Å². The zero-order chi connectivity index (χ0) is 16.7. The minimum atomic E-state index is -0.405. The number of phenols is 1. The van der Waals surface area contributed by atoms with Gasteiger partial charge in [0.05, 0.1) is 10.2 Å². The lowest BCUT2D eigenvalue weighted by molar-refractivity contribution is -0.117. The van der Waals surface area contributed by atoms with E-state index in [1.165, 1.54) is 6.08 Å². The molecule has 5 nitrogen and oxygen atoms in total. The maximum Gasteiger partial charge on any atom is 0.262 e. The summed E-state index contributed by atoms with van der Waals surface area (Å²) < 4.78 is 5.94. The van der Waals surface area contributed by atoms with Crippen LogP contribution in [0.4, 0.5) is 0 Å². The smallest absolute Gasteiger partial charge is 0.262 e. The minimum Gasteiger partial charge on any atom is -0.504 e. The molecule has 0 bridgehead atoms. The standard InChI is InChI=1S/C16H19IN2O3/c1-4-10(3)19-16(21)12(9-18)6-11-7-13(17)15(20)14(8-11)22-5-2/h6-8,10,20H,4-5H2,1-3H3,(H,19,21)/b12-6+/t10-/m0/s1. The van der Waals surface area contributed by atoms with Gasteiger partial charge in [-0.2, -0.15) is 5.26 Å². The summed E-state index contributed by atoms with van der Waals surface area (Å²) in [6.45, 7) is 6.06. The second kappa shape index (κ2) is 8.63. The first-order chi connectivity index (χ1) is 10.4. The number of hydrogen-bond donors (Lipinski definition) is 2. The highest BCUT2D eigenvalue weighted by Crippen LogP contribution is 2.33. The molecule has 0 aliphatic rings. The van der Waals surface area contributed by atoms with E-state index in [0.717, 1.165) is 6.42 Å². The number of nitriles is 1. The number of carbonyl (C=O) groups is 1. The molecule has 0 heterocycles. The Morgan fingerprint density at radius 1 is 1.55 bits per heavy atom. The lowest BCUT2D eigenvalue weighted by atomic mass is 10.1. The molecule has 0 spiro atoms. The molecule has 0 radical (unpaired) electrons. The average molecular weight is 414 g/mol. The van der Waals surface area contributed by atoms with Crippen molar-refractivity contribution in [3.63, 3.8) is 0 Å². The molecule has 0 saturated carbocycles. The van der Waals surface area contributed by atoms with Crippen LogP contribution in [0.1, 0.15) is 32.8 Å². The van der Waals surface area contributed by atoms with Gasteiger partial charge in [0.1, 0.15) is 11.6 Å². The molecule has 6 heteroatoms. The fraction of sp³-hybridized carbons (Fsp3) is 0.375. The number of benzene rings is 1. The molecule has 1 aromatic rings.